The van der Waals surface area contributed by atoms with Gasteiger partial charge in [0.25, 0.3) is 0 Å². The van der Waals surface area contributed by atoms with Gasteiger partial charge < -0.3 is 39.7 Å². The average Bonchev–Trinajstić information content (AvgIpc) is 2.42. The molecule has 20 heavy (non-hydrogen) atoms. The molecule has 0 aromatic heterocycles. The summed E-state index contributed by atoms with van der Waals surface area (Å²) in [6.45, 7) is 0.00863. The Morgan fingerprint density at radius 3 is 2.40 bits per heavy atom. The van der Waals surface area contributed by atoms with Crippen LogP contribution in [0.4, 0.5) is 0 Å². The summed E-state index contributed by atoms with van der Waals surface area (Å²) in [5.41, 5.74) is 0. The molecule has 1 saturated heterocycles. The fourth-order valence-electron chi connectivity index (χ4n) is 1.67. The van der Waals surface area contributed by atoms with E-state index in [0.717, 1.165) is 0 Å². The Labute approximate surface area is 115 Å². The van der Waals surface area contributed by atoms with Gasteiger partial charge in [0.1, 0.15) is 37.1 Å². The molecule has 0 spiro atoms. The van der Waals surface area contributed by atoms with Crippen molar-refractivity contribution in [2.24, 2.45) is 0 Å². The number of rotatable bonds is 6. The molecule has 118 valence electrons. The van der Waals surface area contributed by atoms with Crippen LogP contribution in [0.25, 0.3) is 0 Å². The number of esters is 1. The third-order valence-electron chi connectivity index (χ3n) is 2.78. The second-order valence-corrected chi connectivity index (χ2v) is 4.49. The second kappa shape index (κ2) is 7.84. The third kappa shape index (κ3) is 4.63. The molecule has 0 aromatic carbocycles. The van der Waals surface area contributed by atoms with Crippen LogP contribution in [0, 0.1) is 0 Å². The van der Waals surface area contributed by atoms with E-state index in [1.54, 1.807) is 0 Å². The van der Waals surface area contributed by atoms with Gasteiger partial charge in [-0.05, 0) is 0 Å². The molecule has 1 fully saturated rings. The first-order chi connectivity index (χ1) is 9.36. The van der Waals surface area contributed by atoms with Gasteiger partial charge in [-0.15, -0.1) is 0 Å². The molecule has 0 aromatic rings. The summed E-state index contributed by atoms with van der Waals surface area (Å²) < 4.78 is 14.6. The number of hydrogen-bond acceptors (Lipinski definition) is 9. The fraction of sp³-hybridized carbons (Fsp3) is 0.909. The molecule has 0 amide bonds. The zero-order chi connectivity index (χ0) is 15.3. The maximum Gasteiger partial charge on any atom is 0.302 e. The van der Waals surface area contributed by atoms with E-state index in [9.17, 15) is 25.2 Å². The lowest BCUT2D eigenvalue weighted by atomic mass is 9.99. The van der Waals surface area contributed by atoms with E-state index in [2.05, 4.69) is 4.74 Å². The van der Waals surface area contributed by atoms with Crippen LogP contribution in [-0.2, 0) is 19.0 Å². The molecule has 1 rings (SSSR count). The molecule has 9 heteroatoms. The Hall–Kier alpha value is -0.810. The molecule has 1 aliphatic rings. The SMILES string of the molecule is CC(=O)OC[C@H](O)CO[C@@H]1O[C@H](CO)[C@@H](O)[C@H](O)[C@H]1O. The number of aliphatic hydroxyl groups is 5. The summed E-state index contributed by atoms with van der Waals surface area (Å²) in [5, 5.41) is 47.1. The van der Waals surface area contributed by atoms with Crippen LogP contribution in [0.15, 0.2) is 0 Å². The Bertz CT molecular complexity index is 308. The summed E-state index contributed by atoms with van der Waals surface area (Å²) in [4.78, 5) is 10.5. The molecule has 6 atom stereocenters. The van der Waals surface area contributed by atoms with Gasteiger partial charge >= 0.3 is 5.97 Å². The summed E-state index contributed by atoms with van der Waals surface area (Å²) in [5.74, 6) is -0.558. The van der Waals surface area contributed by atoms with Crippen LogP contribution < -0.4 is 0 Å². The van der Waals surface area contributed by atoms with Crippen molar-refractivity contribution in [3.63, 3.8) is 0 Å². The Balaban J connectivity index is 2.43. The van der Waals surface area contributed by atoms with E-state index in [1.165, 1.54) is 6.92 Å². The van der Waals surface area contributed by atoms with Crippen LogP contribution in [0.2, 0.25) is 0 Å². The minimum Gasteiger partial charge on any atom is -0.463 e. The first-order valence-corrected chi connectivity index (χ1v) is 6.10. The highest BCUT2D eigenvalue weighted by molar-refractivity contribution is 5.65. The highest BCUT2D eigenvalue weighted by atomic mass is 16.7. The average molecular weight is 296 g/mol. The second-order valence-electron chi connectivity index (χ2n) is 4.49. The van der Waals surface area contributed by atoms with E-state index in [0.29, 0.717) is 0 Å². The molecule has 0 bridgehead atoms. The minimum atomic E-state index is -1.54. The molecule has 0 unspecified atom stereocenters. The number of hydrogen-bond donors (Lipinski definition) is 5. The lowest BCUT2D eigenvalue weighted by Crippen LogP contribution is -2.59. The van der Waals surface area contributed by atoms with Gasteiger partial charge in [0, 0.05) is 6.92 Å². The van der Waals surface area contributed by atoms with Crippen molar-refractivity contribution in [3.05, 3.63) is 0 Å². The summed E-state index contributed by atoms with van der Waals surface area (Å²) >= 11 is 0. The minimum absolute atomic E-state index is 0.285. The quantitative estimate of drug-likeness (QED) is 0.318. The van der Waals surface area contributed by atoms with Crippen molar-refractivity contribution in [2.45, 2.75) is 43.7 Å². The van der Waals surface area contributed by atoms with Crippen molar-refractivity contribution < 1.29 is 44.5 Å². The van der Waals surface area contributed by atoms with Gasteiger partial charge in [-0.1, -0.05) is 0 Å². The number of ether oxygens (including phenoxy) is 3. The van der Waals surface area contributed by atoms with Crippen molar-refractivity contribution >= 4 is 5.97 Å². The zero-order valence-electron chi connectivity index (χ0n) is 11.0. The lowest BCUT2D eigenvalue weighted by Gasteiger charge is -2.39. The highest BCUT2D eigenvalue weighted by Gasteiger charge is 2.44. The van der Waals surface area contributed by atoms with Crippen LogP contribution in [0.1, 0.15) is 6.92 Å². The van der Waals surface area contributed by atoms with Crippen LogP contribution in [-0.4, -0.2) is 88.1 Å². The molecule has 0 saturated carbocycles. The fourth-order valence-corrected chi connectivity index (χ4v) is 1.67. The van der Waals surface area contributed by atoms with Crippen LogP contribution in [0.5, 0.6) is 0 Å². The molecule has 1 heterocycles. The standard InChI is InChI=1S/C11H20O9/c1-5(13)18-3-6(14)4-19-11-10(17)9(16)8(15)7(2-12)20-11/h6-12,14-17H,2-4H2,1H3/t6-,7+,8+,9-,10+,11+/m0/s1. The summed E-state index contributed by atoms with van der Waals surface area (Å²) in [7, 11) is 0. The number of carbonyl (C=O) groups is 1. The van der Waals surface area contributed by atoms with E-state index in [1.807, 2.05) is 0 Å². The molecular formula is C11H20O9. The monoisotopic (exact) mass is 296 g/mol. The van der Waals surface area contributed by atoms with Gasteiger partial charge in [0.05, 0.1) is 13.2 Å². The number of carbonyl (C=O) groups excluding carboxylic acids is 1. The predicted octanol–water partition coefficient (Wildman–Crippen LogP) is -3.27. The van der Waals surface area contributed by atoms with Crippen LogP contribution in [0.3, 0.4) is 0 Å². The van der Waals surface area contributed by atoms with E-state index in [-0.39, 0.29) is 13.2 Å². The van der Waals surface area contributed by atoms with E-state index < -0.39 is 49.4 Å². The van der Waals surface area contributed by atoms with E-state index >= 15 is 0 Å². The molecule has 0 radical (unpaired) electrons. The Kier molecular flexibility index (Phi) is 6.76. The predicted molar refractivity (Wildman–Crippen MR) is 62.4 cm³/mol. The van der Waals surface area contributed by atoms with Crippen molar-refractivity contribution in [2.75, 3.05) is 19.8 Å². The van der Waals surface area contributed by atoms with Crippen molar-refractivity contribution in [1.29, 1.82) is 0 Å². The molecular weight excluding hydrogens is 276 g/mol. The molecule has 1 aliphatic heterocycles. The Morgan fingerprint density at radius 2 is 1.85 bits per heavy atom. The van der Waals surface area contributed by atoms with Gasteiger partial charge in [-0.2, -0.15) is 0 Å². The lowest BCUT2D eigenvalue weighted by molar-refractivity contribution is -0.304. The first-order valence-electron chi connectivity index (χ1n) is 6.10. The van der Waals surface area contributed by atoms with Gasteiger partial charge in [-0.3, -0.25) is 4.79 Å². The molecule has 0 aliphatic carbocycles. The van der Waals surface area contributed by atoms with Crippen molar-refractivity contribution in [3.8, 4) is 0 Å². The maximum atomic E-state index is 10.5. The maximum absolute atomic E-state index is 10.5. The summed E-state index contributed by atoms with van der Waals surface area (Å²) in [6.07, 6.45) is -8.08. The zero-order valence-corrected chi connectivity index (χ0v) is 11.0. The largest absolute Gasteiger partial charge is 0.463 e. The third-order valence-corrected chi connectivity index (χ3v) is 2.78. The van der Waals surface area contributed by atoms with Crippen molar-refractivity contribution in [1.82, 2.24) is 0 Å². The van der Waals surface area contributed by atoms with Gasteiger partial charge in [-0.25, -0.2) is 0 Å². The highest BCUT2D eigenvalue weighted by Crippen LogP contribution is 2.21. The van der Waals surface area contributed by atoms with E-state index in [4.69, 9.17) is 14.6 Å². The Morgan fingerprint density at radius 1 is 1.20 bits per heavy atom. The topological polar surface area (TPSA) is 146 Å². The molecule has 9 nitrogen and oxygen atoms in total. The van der Waals surface area contributed by atoms with Gasteiger partial charge in [0.2, 0.25) is 0 Å². The molecule has 5 N–H and O–H groups in total. The van der Waals surface area contributed by atoms with Gasteiger partial charge in [0.15, 0.2) is 6.29 Å². The van der Waals surface area contributed by atoms with Crippen LogP contribution >= 0.6 is 0 Å². The first kappa shape index (κ1) is 17.2. The normalized spacial score (nSPS) is 35.6. The smallest absolute Gasteiger partial charge is 0.302 e. The summed E-state index contributed by atoms with van der Waals surface area (Å²) in [6, 6.07) is 0. The number of aliphatic hydroxyl groups excluding tert-OH is 5.